The highest BCUT2D eigenvalue weighted by atomic mass is 32.2. The smallest absolute Gasteiger partial charge is 0.294 e. The highest BCUT2D eigenvalue weighted by molar-refractivity contribution is 8.18. The van der Waals surface area contributed by atoms with Crippen molar-refractivity contribution >= 4 is 40.6 Å². The Morgan fingerprint density at radius 2 is 1.79 bits per heavy atom. The van der Waals surface area contributed by atoms with E-state index in [4.69, 9.17) is 0 Å². The number of hydrogen-bond acceptors (Lipinski definition) is 4. The molecular weight excluding hydrogens is 372 g/mol. The van der Waals surface area contributed by atoms with Crippen molar-refractivity contribution in [1.29, 1.82) is 0 Å². The number of benzene rings is 2. The lowest BCUT2D eigenvalue weighted by atomic mass is 10.1. The minimum atomic E-state index is -0.454. The van der Waals surface area contributed by atoms with Crippen LogP contribution in [-0.2, 0) is 16.0 Å². The molecule has 0 spiro atoms. The highest BCUT2D eigenvalue weighted by Gasteiger charge is 2.35. The fraction of sp³-hybridized carbons (Fsp3) is 0.136. The molecule has 142 valence electrons. The standard InChI is InChI=1S/C22H20N2O3S/c1-2-16-11-13-18(14-12-16)23-20(25)15-24-21(26)19(28-22(24)27)10-6-9-17-7-4-3-5-8-17/h3-14H,2,15H2,1H3,(H,23,25)/b9-6-,19-10+. The molecule has 28 heavy (non-hydrogen) atoms. The molecule has 1 aliphatic rings. The van der Waals surface area contributed by atoms with Crippen molar-refractivity contribution in [1.82, 2.24) is 4.90 Å². The largest absolute Gasteiger partial charge is 0.325 e. The first-order valence-electron chi connectivity index (χ1n) is 8.92. The van der Waals surface area contributed by atoms with E-state index in [0.29, 0.717) is 10.6 Å². The van der Waals surface area contributed by atoms with Gasteiger partial charge in [0, 0.05) is 5.69 Å². The Bertz CT molecular complexity index is 934. The summed E-state index contributed by atoms with van der Waals surface area (Å²) in [6.07, 6.45) is 6.08. The lowest BCUT2D eigenvalue weighted by molar-refractivity contribution is -0.127. The maximum Gasteiger partial charge on any atom is 0.294 e. The number of rotatable bonds is 6. The maximum absolute atomic E-state index is 12.4. The van der Waals surface area contributed by atoms with Gasteiger partial charge in [0.25, 0.3) is 11.1 Å². The van der Waals surface area contributed by atoms with E-state index < -0.39 is 17.1 Å². The Balaban J connectivity index is 1.60. The molecule has 0 saturated carbocycles. The average Bonchev–Trinajstić information content (AvgIpc) is 2.97. The van der Waals surface area contributed by atoms with Gasteiger partial charge in [-0.3, -0.25) is 19.3 Å². The Morgan fingerprint density at radius 3 is 2.46 bits per heavy atom. The molecular formula is C22H20N2O3S. The molecule has 2 aromatic carbocycles. The number of thioether (sulfide) groups is 1. The minimum Gasteiger partial charge on any atom is -0.325 e. The van der Waals surface area contributed by atoms with Crippen LogP contribution in [0.2, 0.25) is 0 Å². The van der Waals surface area contributed by atoms with Crippen LogP contribution in [0.4, 0.5) is 10.5 Å². The van der Waals surface area contributed by atoms with E-state index in [1.165, 1.54) is 0 Å². The molecule has 1 heterocycles. The van der Waals surface area contributed by atoms with Crippen LogP contribution in [0.3, 0.4) is 0 Å². The second-order valence-corrected chi connectivity index (χ2v) is 7.15. The number of carbonyl (C=O) groups excluding carboxylic acids is 3. The number of allylic oxidation sites excluding steroid dienone is 2. The third-order valence-corrected chi connectivity index (χ3v) is 5.08. The number of hydrogen-bond donors (Lipinski definition) is 1. The summed E-state index contributed by atoms with van der Waals surface area (Å²) in [5, 5.41) is 2.27. The van der Waals surface area contributed by atoms with Crippen molar-refractivity contribution in [2.75, 3.05) is 11.9 Å². The second kappa shape index (κ2) is 9.19. The van der Waals surface area contributed by atoms with Gasteiger partial charge in [0.1, 0.15) is 6.54 Å². The summed E-state index contributed by atoms with van der Waals surface area (Å²) in [5.41, 5.74) is 2.79. The minimum absolute atomic E-state index is 0.303. The van der Waals surface area contributed by atoms with Crippen LogP contribution in [0.15, 0.2) is 71.7 Å². The highest BCUT2D eigenvalue weighted by Crippen LogP contribution is 2.30. The van der Waals surface area contributed by atoms with Crippen molar-refractivity contribution in [2.45, 2.75) is 13.3 Å². The fourth-order valence-corrected chi connectivity index (χ4v) is 3.42. The summed E-state index contributed by atoms with van der Waals surface area (Å²) >= 11 is 0.837. The molecule has 1 saturated heterocycles. The Kier molecular flexibility index (Phi) is 6.45. The zero-order valence-electron chi connectivity index (χ0n) is 15.4. The van der Waals surface area contributed by atoms with Gasteiger partial charge >= 0.3 is 0 Å². The molecule has 6 heteroatoms. The van der Waals surface area contributed by atoms with E-state index in [1.807, 2.05) is 48.5 Å². The van der Waals surface area contributed by atoms with Crippen LogP contribution >= 0.6 is 11.8 Å². The number of aryl methyl sites for hydroxylation is 1. The van der Waals surface area contributed by atoms with Gasteiger partial charge in [0.15, 0.2) is 0 Å². The summed E-state index contributed by atoms with van der Waals surface area (Å²) < 4.78 is 0. The van der Waals surface area contributed by atoms with Crippen molar-refractivity contribution in [2.24, 2.45) is 0 Å². The maximum atomic E-state index is 12.4. The van der Waals surface area contributed by atoms with Gasteiger partial charge in [-0.1, -0.05) is 61.5 Å². The van der Waals surface area contributed by atoms with E-state index in [9.17, 15) is 14.4 Å². The molecule has 3 rings (SSSR count). The normalized spacial score (nSPS) is 15.6. The van der Waals surface area contributed by atoms with Gasteiger partial charge in [-0.15, -0.1) is 0 Å². The van der Waals surface area contributed by atoms with Gasteiger partial charge in [-0.25, -0.2) is 0 Å². The van der Waals surface area contributed by atoms with E-state index in [1.54, 1.807) is 24.3 Å². The Hall–Kier alpha value is -3.12. The molecule has 0 bridgehead atoms. The van der Waals surface area contributed by atoms with Crippen molar-refractivity contribution in [3.8, 4) is 0 Å². The van der Waals surface area contributed by atoms with E-state index in [2.05, 4.69) is 12.2 Å². The monoisotopic (exact) mass is 392 g/mol. The SMILES string of the molecule is CCc1ccc(NC(=O)CN2C(=O)S/C(=C/C=C\c3ccccc3)C2=O)cc1. The number of amides is 3. The average molecular weight is 392 g/mol. The van der Waals surface area contributed by atoms with Crippen molar-refractivity contribution < 1.29 is 14.4 Å². The van der Waals surface area contributed by atoms with E-state index in [-0.39, 0.29) is 6.54 Å². The van der Waals surface area contributed by atoms with Gasteiger partial charge in [0.05, 0.1) is 4.91 Å². The number of imide groups is 1. The van der Waals surface area contributed by atoms with Crippen molar-refractivity contribution in [3.05, 3.63) is 82.8 Å². The molecule has 2 aromatic rings. The first-order chi connectivity index (χ1) is 13.6. The molecule has 3 amide bonds. The number of carbonyl (C=O) groups is 3. The summed E-state index contributed by atoms with van der Waals surface area (Å²) in [6.45, 7) is 1.75. The third kappa shape index (κ3) is 4.98. The predicted octanol–water partition coefficient (Wildman–Crippen LogP) is 4.48. The van der Waals surface area contributed by atoms with Crippen LogP contribution in [0, 0.1) is 0 Å². The van der Waals surface area contributed by atoms with Crippen LogP contribution < -0.4 is 5.32 Å². The lowest BCUT2D eigenvalue weighted by Crippen LogP contribution is -2.36. The van der Waals surface area contributed by atoms with Gasteiger partial charge < -0.3 is 5.32 Å². The quantitative estimate of drug-likeness (QED) is 0.736. The lowest BCUT2D eigenvalue weighted by Gasteiger charge is -2.12. The third-order valence-electron chi connectivity index (χ3n) is 4.16. The summed E-state index contributed by atoms with van der Waals surface area (Å²) in [5.74, 6) is -0.864. The molecule has 1 N–H and O–H groups in total. The molecule has 1 aliphatic heterocycles. The van der Waals surface area contributed by atoms with Crippen molar-refractivity contribution in [3.63, 3.8) is 0 Å². The predicted molar refractivity (Wildman–Crippen MR) is 113 cm³/mol. The number of nitrogens with zero attached hydrogens (tertiary/aromatic N) is 1. The molecule has 0 unspecified atom stereocenters. The summed E-state index contributed by atoms with van der Waals surface area (Å²) in [4.78, 5) is 38.0. The Labute approximate surface area is 168 Å². The zero-order chi connectivity index (χ0) is 19.9. The zero-order valence-corrected chi connectivity index (χ0v) is 16.2. The van der Waals surface area contributed by atoms with Crippen LogP contribution in [0.1, 0.15) is 18.1 Å². The molecule has 0 radical (unpaired) electrons. The summed E-state index contributed by atoms with van der Waals surface area (Å²) in [6, 6.07) is 17.1. The number of nitrogens with one attached hydrogen (secondary N) is 1. The van der Waals surface area contributed by atoms with Crippen LogP contribution in [0.25, 0.3) is 6.08 Å². The molecule has 1 fully saturated rings. The van der Waals surface area contributed by atoms with E-state index >= 15 is 0 Å². The van der Waals surface area contributed by atoms with Gasteiger partial charge in [-0.05, 0) is 47.5 Å². The summed E-state index contributed by atoms with van der Waals surface area (Å²) in [7, 11) is 0. The Morgan fingerprint density at radius 1 is 1.07 bits per heavy atom. The first kappa shape index (κ1) is 19.6. The molecule has 5 nitrogen and oxygen atoms in total. The first-order valence-corrected chi connectivity index (χ1v) is 9.74. The van der Waals surface area contributed by atoms with Gasteiger partial charge in [-0.2, -0.15) is 0 Å². The fourth-order valence-electron chi connectivity index (χ4n) is 2.63. The van der Waals surface area contributed by atoms with Crippen LogP contribution in [-0.4, -0.2) is 28.5 Å². The molecule has 0 aromatic heterocycles. The van der Waals surface area contributed by atoms with E-state index in [0.717, 1.165) is 34.2 Å². The molecule has 0 atom stereocenters. The van der Waals surface area contributed by atoms with Crippen LogP contribution in [0.5, 0.6) is 0 Å². The van der Waals surface area contributed by atoms with Gasteiger partial charge in [0.2, 0.25) is 5.91 Å². The molecule has 0 aliphatic carbocycles. The second-order valence-electron chi connectivity index (χ2n) is 6.16. The number of anilines is 1. The topological polar surface area (TPSA) is 66.5 Å².